The third-order valence-electron chi connectivity index (χ3n) is 2.33. The van der Waals surface area contributed by atoms with Gasteiger partial charge in [0.05, 0.1) is 5.02 Å². The minimum Gasteiger partial charge on any atom is -0.352 e. The van der Waals surface area contributed by atoms with Crippen LogP contribution in [0.15, 0.2) is 18.2 Å². The smallest absolute Gasteiger partial charge is 0.220 e. The van der Waals surface area contributed by atoms with E-state index in [0.29, 0.717) is 19.5 Å². The molecule has 3 nitrogen and oxygen atoms in total. The van der Waals surface area contributed by atoms with Gasteiger partial charge >= 0.3 is 0 Å². The molecule has 0 fully saturated rings. The monoisotopic (exact) mass is 258 g/mol. The van der Waals surface area contributed by atoms with E-state index in [1.165, 1.54) is 12.1 Å². The lowest BCUT2D eigenvalue weighted by molar-refractivity contribution is -0.121. The van der Waals surface area contributed by atoms with Gasteiger partial charge in [0, 0.05) is 13.0 Å². The SMILES string of the molecule is NCCCCC(=O)NCc1ccc(F)c(Cl)c1. The van der Waals surface area contributed by atoms with Crippen LogP contribution >= 0.6 is 11.6 Å². The maximum atomic E-state index is 12.9. The molecule has 0 atom stereocenters. The fourth-order valence-electron chi connectivity index (χ4n) is 1.37. The maximum Gasteiger partial charge on any atom is 0.220 e. The first kappa shape index (κ1) is 13.9. The predicted molar refractivity (Wildman–Crippen MR) is 66.2 cm³/mol. The molecule has 1 rings (SSSR count). The van der Waals surface area contributed by atoms with E-state index in [4.69, 9.17) is 17.3 Å². The quantitative estimate of drug-likeness (QED) is 0.769. The molecule has 0 saturated heterocycles. The first-order valence-corrected chi connectivity index (χ1v) is 5.92. The zero-order valence-corrected chi connectivity index (χ0v) is 10.3. The topological polar surface area (TPSA) is 55.1 Å². The number of amides is 1. The molecule has 5 heteroatoms. The first-order valence-electron chi connectivity index (χ1n) is 5.54. The van der Waals surface area contributed by atoms with E-state index >= 15 is 0 Å². The van der Waals surface area contributed by atoms with Crippen LogP contribution in [0, 0.1) is 5.82 Å². The van der Waals surface area contributed by atoms with Crippen LogP contribution in [0.2, 0.25) is 5.02 Å². The van der Waals surface area contributed by atoms with Crippen molar-refractivity contribution in [3.63, 3.8) is 0 Å². The van der Waals surface area contributed by atoms with Crippen LogP contribution in [0.4, 0.5) is 4.39 Å². The summed E-state index contributed by atoms with van der Waals surface area (Å²) in [6.07, 6.45) is 2.09. The van der Waals surface area contributed by atoms with Crippen LogP contribution < -0.4 is 11.1 Å². The van der Waals surface area contributed by atoms with Crippen LogP contribution in [-0.2, 0) is 11.3 Å². The number of halogens is 2. The van der Waals surface area contributed by atoms with Crippen molar-refractivity contribution in [1.29, 1.82) is 0 Å². The third-order valence-corrected chi connectivity index (χ3v) is 2.62. The molecular formula is C12H16ClFN2O. The van der Waals surface area contributed by atoms with E-state index in [1.807, 2.05) is 0 Å². The van der Waals surface area contributed by atoms with Crippen LogP contribution in [0.5, 0.6) is 0 Å². The van der Waals surface area contributed by atoms with Gasteiger partial charge in [-0.15, -0.1) is 0 Å². The molecule has 0 aliphatic heterocycles. The summed E-state index contributed by atoms with van der Waals surface area (Å²) in [6, 6.07) is 4.40. The largest absolute Gasteiger partial charge is 0.352 e. The molecule has 94 valence electrons. The van der Waals surface area contributed by atoms with Crippen molar-refractivity contribution in [2.75, 3.05) is 6.54 Å². The summed E-state index contributed by atoms with van der Waals surface area (Å²) in [5.74, 6) is -0.483. The second-order valence-corrected chi connectivity index (χ2v) is 4.18. The Hall–Kier alpha value is -1.13. The van der Waals surface area contributed by atoms with Gasteiger partial charge in [-0.05, 0) is 37.1 Å². The highest BCUT2D eigenvalue weighted by atomic mass is 35.5. The second-order valence-electron chi connectivity index (χ2n) is 3.77. The number of hydrogen-bond acceptors (Lipinski definition) is 2. The number of carbonyl (C=O) groups excluding carboxylic acids is 1. The van der Waals surface area contributed by atoms with E-state index < -0.39 is 5.82 Å². The molecule has 0 aliphatic rings. The average Bonchev–Trinajstić information content (AvgIpc) is 2.31. The Bertz CT molecular complexity index is 385. The normalized spacial score (nSPS) is 10.3. The summed E-state index contributed by atoms with van der Waals surface area (Å²) in [5.41, 5.74) is 6.11. The van der Waals surface area contributed by atoms with Crippen LogP contribution in [-0.4, -0.2) is 12.5 Å². The molecule has 0 spiro atoms. The number of nitrogens with two attached hydrogens (primary N) is 1. The van der Waals surface area contributed by atoms with Gasteiger partial charge in [-0.2, -0.15) is 0 Å². The number of rotatable bonds is 6. The molecule has 1 amide bonds. The number of nitrogens with one attached hydrogen (secondary N) is 1. The maximum absolute atomic E-state index is 12.9. The van der Waals surface area contributed by atoms with Crippen molar-refractivity contribution in [1.82, 2.24) is 5.32 Å². The number of unbranched alkanes of at least 4 members (excludes halogenated alkanes) is 1. The van der Waals surface area contributed by atoms with Gasteiger partial charge in [-0.25, -0.2) is 4.39 Å². The Morgan fingerprint density at radius 2 is 2.18 bits per heavy atom. The standard InChI is InChI=1S/C12H16ClFN2O/c13-10-7-9(4-5-11(10)14)8-16-12(17)3-1-2-6-15/h4-5,7H,1-3,6,8,15H2,(H,16,17). The lowest BCUT2D eigenvalue weighted by Gasteiger charge is -2.05. The molecule has 3 N–H and O–H groups in total. The van der Waals surface area contributed by atoms with E-state index in [2.05, 4.69) is 5.32 Å². The Morgan fingerprint density at radius 1 is 1.41 bits per heavy atom. The van der Waals surface area contributed by atoms with Gasteiger partial charge in [0.25, 0.3) is 0 Å². The Balaban J connectivity index is 2.34. The van der Waals surface area contributed by atoms with Crippen molar-refractivity contribution in [3.05, 3.63) is 34.6 Å². The first-order chi connectivity index (χ1) is 8.13. The summed E-state index contributed by atoms with van der Waals surface area (Å²) in [7, 11) is 0. The summed E-state index contributed by atoms with van der Waals surface area (Å²) in [5, 5.41) is 2.81. The molecule has 1 aromatic rings. The lowest BCUT2D eigenvalue weighted by atomic mass is 10.2. The van der Waals surface area contributed by atoms with Gasteiger partial charge in [0.15, 0.2) is 0 Å². The lowest BCUT2D eigenvalue weighted by Crippen LogP contribution is -2.22. The molecule has 0 saturated carbocycles. The predicted octanol–water partition coefficient (Wildman–Crippen LogP) is 2.22. The fraction of sp³-hybridized carbons (Fsp3) is 0.417. The third kappa shape index (κ3) is 5.15. The Morgan fingerprint density at radius 3 is 2.82 bits per heavy atom. The summed E-state index contributed by atoms with van der Waals surface area (Å²) in [6.45, 7) is 0.961. The summed E-state index contributed by atoms with van der Waals surface area (Å²) < 4.78 is 12.9. The van der Waals surface area contributed by atoms with Crippen molar-refractivity contribution in [3.8, 4) is 0 Å². The molecule has 0 aliphatic carbocycles. The van der Waals surface area contributed by atoms with Crippen molar-refractivity contribution in [2.24, 2.45) is 5.73 Å². The van der Waals surface area contributed by atoms with Crippen molar-refractivity contribution in [2.45, 2.75) is 25.8 Å². The van der Waals surface area contributed by atoms with Gasteiger partial charge in [0.2, 0.25) is 5.91 Å². The molecule has 0 heterocycles. The Labute approximate surface area is 105 Å². The molecule has 17 heavy (non-hydrogen) atoms. The fourth-order valence-corrected chi connectivity index (χ4v) is 1.57. The van der Waals surface area contributed by atoms with Gasteiger partial charge < -0.3 is 11.1 Å². The summed E-state index contributed by atoms with van der Waals surface area (Å²) in [4.78, 5) is 11.4. The van der Waals surface area contributed by atoms with E-state index in [-0.39, 0.29) is 10.9 Å². The zero-order chi connectivity index (χ0) is 12.7. The summed E-state index contributed by atoms with van der Waals surface area (Å²) >= 11 is 5.63. The highest BCUT2D eigenvalue weighted by molar-refractivity contribution is 6.30. The van der Waals surface area contributed by atoms with Crippen molar-refractivity contribution < 1.29 is 9.18 Å². The molecule has 0 bridgehead atoms. The van der Waals surface area contributed by atoms with Gasteiger partial charge in [0.1, 0.15) is 5.82 Å². The number of benzene rings is 1. The van der Waals surface area contributed by atoms with Crippen LogP contribution in [0.25, 0.3) is 0 Å². The number of hydrogen-bond donors (Lipinski definition) is 2. The number of carbonyl (C=O) groups is 1. The second kappa shape index (κ2) is 7.25. The van der Waals surface area contributed by atoms with Crippen molar-refractivity contribution >= 4 is 17.5 Å². The highest BCUT2D eigenvalue weighted by Crippen LogP contribution is 2.15. The molecule has 1 aromatic carbocycles. The van der Waals surface area contributed by atoms with E-state index in [1.54, 1.807) is 6.07 Å². The van der Waals surface area contributed by atoms with Gasteiger partial charge in [-0.3, -0.25) is 4.79 Å². The van der Waals surface area contributed by atoms with E-state index in [0.717, 1.165) is 18.4 Å². The zero-order valence-electron chi connectivity index (χ0n) is 9.51. The molecule has 0 unspecified atom stereocenters. The average molecular weight is 259 g/mol. The van der Waals surface area contributed by atoms with Gasteiger partial charge in [-0.1, -0.05) is 17.7 Å². The Kier molecular flexibility index (Phi) is 5.94. The molecule has 0 aromatic heterocycles. The highest BCUT2D eigenvalue weighted by Gasteiger charge is 2.03. The minimum atomic E-state index is -0.454. The molecule has 0 radical (unpaired) electrons. The molecular weight excluding hydrogens is 243 g/mol. The van der Waals surface area contributed by atoms with E-state index in [9.17, 15) is 9.18 Å². The van der Waals surface area contributed by atoms with Crippen LogP contribution in [0.1, 0.15) is 24.8 Å². The minimum absolute atomic E-state index is 0.0288. The van der Waals surface area contributed by atoms with Crippen LogP contribution in [0.3, 0.4) is 0 Å².